The quantitative estimate of drug-likeness (QED) is 0.646. The molecule has 1 amide bonds. The van der Waals surface area contributed by atoms with Crippen LogP contribution in [0.25, 0.3) is 0 Å². The number of aliphatic imine (C=N–C) groups is 1. The van der Waals surface area contributed by atoms with E-state index >= 15 is 0 Å². The van der Waals surface area contributed by atoms with Crippen LogP contribution in [0, 0.1) is 0 Å². The summed E-state index contributed by atoms with van der Waals surface area (Å²) in [5.41, 5.74) is -0.831. The van der Waals surface area contributed by atoms with Gasteiger partial charge in [0.1, 0.15) is 6.04 Å². The second-order valence-electron chi connectivity index (χ2n) is 3.82. The largest absolute Gasteiger partial charge is 0.408 e. The zero-order chi connectivity index (χ0) is 10.9. The molecule has 0 aromatic heterocycles. The molecule has 0 aliphatic carbocycles. The molecule has 1 atom stereocenters. The standard InChI is InChI=1S/C9H14N2O3/c1-5(10-6(2)12)7-11-9(3,4)8(13)14-7/h5H,1-4H3,(H,10,12). The number of hydrogen-bond donors (Lipinski definition) is 1. The third-order valence-corrected chi connectivity index (χ3v) is 1.88. The summed E-state index contributed by atoms with van der Waals surface area (Å²) >= 11 is 0. The van der Waals surface area contributed by atoms with Crippen LogP contribution in [0.15, 0.2) is 4.99 Å². The SMILES string of the molecule is CC(=O)NC(C)C1=NC(C)(C)C(=O)O1. The third kappa shape index (κ3) is 2.10. The summed E-state index contributed by atoms with van der Waals surface area (Å²) in [6.45, 7) is 6.46. The van der Waals surface area contributed by atoms with E-state index in [1.165, 1.54) is 6.92 Å². The lowest BCUT2D eigenvalue weighted by Gasteiger charge is -2.09. The molecule has 0 radical (unpaired) electrons. The fourth-order valence-corrected chi connectivity index (χ4v) is 1.12. The molecule has 1 aliphatic heterocycles. The van der Waals surface area contributed by atoms with Crippen molar-refractivity contribution in [3.8, 4) is 0 Å². The molecule has 1 N–H and O–H groups in total. The van der Waals surface area contributed by atoms with E-state index in [2.05, 4.69) is 10.3 Å². The summed E-state index contributed by atoms with van der Waals surface area (Å²) in [6.07, 6.45) is 0. The Balaban J connectivity index is 2.72. The second-order valence-corrected chi connectivity index (χ2v) is 3.82. The van der Waals surface area contributed by atoms with E-state index < -0.39 is 5.54 Å². The van der Waals surface area contributed by atoms with Gasteiger partial charge in [0, 0.05) is 6.92 Å². The third-order valence-electron chi connectivity index (χ3n) is 1.88. The topological polar surface area (TPSA) is 67.8 Å². The Morgan fingerprint density at radius 2 is 2.14 bits per heavy atom. The highest BCUT2D eigenvalue weighted by Crippen LogP contribution is 2.19. The van der Waals surface area contributed by atoms with Gasteiger partial charge in [-0.05, 0) is 20.8 Å². The van der Waals surface area contributed by atoms with Crippen molar-refractivity contribution in [2.24, 2.45) is 4.99 Å². The highest BCUT2D eigenvalue weighted by atomic mass is 16.6. The van der Waals surface area contributed by atoms with Gasteiger partial charge in [-0.15, -0.1) is 0 Å². The molecule has 0 saturated carbocycles. The number of esters is 1. The Bertz CT molecular complexity index is 307. The summed E-state index contributed by atoms with van der Waals surface area (Å²) in [5.74, 6) is -0.291. The molecule has 1 unspecified atom stereocenters. The Morgan fingerprint density at radius 3 is 2.50 bits per heavy atom. The van der Waals surface area contributed by atoms with Crippen LogP contribution in [0.2, 0.25) is 0 Å². The number of hydrogen-bond acceptors (Lipinski definition) is 4. The Kier molecular flexibility index (Phi) is 2.59. The van der Waals surface area contributed by atoms with E-state index in [1.807, 2.05) is 0 Å². The number of amides is 1. The van der Waals surface area contributed by atoms with Crippen LogP contribution < -0.4 is 5.32 Å². The lowest BCUT2D eigenvalue weighted by Crippen LogP contribution is -2.37. The van der Waals surface area contributed by atoms with Crippen LogP contribution in [0.3, 0.4) is 0 Å². The average molecular weight is 198 g/mol. The summed E-state index contributed by atoms with van der Waals surface area (Å²) < 4.78 is 4.94. The molecular formula is C9H14N2O3. The number of carbonyl (C=O) groups is 2. The van der Waals surface area contributed by atoms with E-state index in [0.29, 0.717) is 0 Å². The summed E-state index contributed by atoms with van der Waals surface area (Å²) in [5, 5.41) is 2.60. The van der Waals surface area contributed by atoms with Gasteiger partial charge in [-0.1, -0.05) is 0 Å². The van der Waals surface area contributed by atoms with E-state index in [9.17, 15) is 9.59 Å². The highest BCUT2D eigenvalue weighted by molar-refractivity contribution is 6.02. The van der Waals surface area contributed by atoms with Crippen molar-refractivity contribution >= 4 is 17.8 Å². The maximum atomic E-state index is 11.2. The van der Waals surface area contributed by atoms with Crippen molar-refractivity contribution in [2.75, 3.05) is 0 Å². The van der Waals surface area contributed by atoms with Gasteiger partial charge in [-0.3, -0.25) is 4.79 Å². The van der Waals surface area contributed by atoms with Crippen molar-refractivity contribution in [3.05, 3.63) is 0 Å². The molecule has 5 nitrogen and oxygen atoms in total. The Labute approximate surface area is 82.5 Å². The Hall–Kier alpha value is -1.39. The first-order valence-electron chi connectivity index (χ1n) is 4.42. The number of carbonyl (C=O) groups excluding carboxylic acids is 2. The molecule has 5 heteroatoms. The van der Waals surface area contributed by atoms with Gasteiger partial charge in [0.05, 0.1) is 0 Å². The van der Waals surface area contributed by atoms with Gasteiger partial charge in [0.15, 0.2) is 5.54 Å². The normalized spacial score (nSPS) is 21.1. The lowest BCUT2D eigenvalue weighted by molar-refractivity contribution is -0.138. The van der Waals surface area contributed by atoms with Gasteiger partial charge in [0.25, 0.3) is 0 Å². The molecule has 0 aromatic carbocycles. The first-order chi connectivity index (χ1) is 6.33. The van der Waals surface area contributed by atoms with Crippen molar-refractivity contribution in [3.63, 3.8) is 0 Å². The summed E-state index contributed by atoms with van der Waals surface area (Å²) in [6, 6.07) is -0.363. The van der Waals surface area contributed by atoms with E-state index in [-0.39, 0.29) is 23.8 Å². The first kappa shape index (κ1) is 10.7. The highest BCUT2D eigenvalue weighted by Gasteiger charge is 2.38. The fourth-order valence-electron chi connectivity index (χ4n) is 1.12. The maximum absolute atomic E-state index is 11.2. The van der Waals surface area contributed by atoms with Crippen molar-refractivity contribution in [1.29, 1.82) is 0 Å². The zero-order valence-electron chi connectivity index (χ0n) is 8.75. The second kappa shape index (κ2) is 3.40. The van der Waals surface area contributed by atoms with Gasteiger partial charge in [-0.2, -0.15) is 0 Å². The van der Waals surface area contributed by atoms with Crippen LogP contribution in [0.5, 0.6) is 0 Å². The molecule has 0 bridgehead atoms. The monoisotopic (exact) mass is 198 g/mol. The molecule has 78 valence electrons. The van der Waals surface area contributed by atoms with Gasteiger partial charge in [-0.25, -0.2) is 9.79 Å². The maximum Gasteiger partial charge on any atom is 0.340 e. The molecule has 1 rings (SSSR count). The van der Waals surface area contributed by atoms with Crippen molar-refractivity contribution in [1.82, 2.24) is 5.32 Å². The van der Waals surface area contributed by atoms with Crippen molar-refractivity contribution in [2.45, 2.75) is 39.3 Å². The van der Waals surface area contributed by atoms with Crippen LogP contribution in [0.1, 0.15) is 27.7 Å². The number of nitrogens with zero attached hydrogens (tertiary/aromatic N) is 1. The van der Waals surface area contributed by atoms with Crippen molar-refractivity contribution < 1.29 is 14.3 Å². The number of cyclic esters (lactones) is 1. The molecule has 0 spiro atoms. The molecule has 0 fully saturated rings. The zero-order valence-corrected chi connectivity index (χ0v) is 8.75. The number of ether oxygens (including phenoxy) is 1. The van der Waals surface area contributed by atoms with Gasteiger partial charge < -0.3 is 10.1 Å². The number of nitrogens with one attached hydrogen (secondary N) is 1. The molecule has 1 aliphatic rings. The van der Waals surface area contributed by atoms with Crippen LogP contribution in [0.4, 0.5) is 0 Å². The number of rotatable bonds is 2. The van der Waals surface area contributed by atoms with Gasteiger partial charge >= 0.3 is 5.97 Å². The van der Waals surface area contributed by atoms with Crippen LogP contribution >= 0.6 is 0 Å². The predicted molar refractivity (Wildman–Crippen MR) is 50.9 cm³/mol. The Morgan fingerprint density at radius 1 is 1.57 bits per heavy atom. The molecular weight excluding hydrogens is 184 g/mol. The molecule has 1 heterocycles. The molecule has 14 heavy (non-hydrogen) atoms. The minimum absolute atomic E-state index is 0.180. The van der Waals surface area contributed by atoms with E-state index in [4.69, 9.17) is 4.74 Å². The summed E-state index contributed by atoms with van der Waals surface area (Å²) in [4.78, 5) is 26.1. The molecule has 0 aromatic rings. The minimum atomic E-state index is -0.831. The minimum Gasteiger partial charge on any atom is -0.408 e. The van der Waals surface area contributed by atoms with Crippen LogP contribution in [-0.2, 0) is 14.3 Å². The van der Waals surface area contributed by atoms with Crippen LogP contribution in [-0.4, -0.2) is 29.4 Å². The van der Waals surface area contributed by atoms with E-state index in [0.717, 1.165) is 0 Å². The van der Waals surface area contributed by atoms with E-state index in [1.54, 1.807) is 20.8 Å². The predicted octanol–water partition coefficient (Wildman–Crippen LogP) is 0.245. The van der Waals surface area contributed by atoms with Gasteiger partial charge in [0.2, 0.25) is 11.8 Å². The summed E-state index contributed by atoms with van der Waals surface area (Å²) in [7, 11) is 0. The lowest BCUT2D eigenvalue weighted by atomic mass is 10.1. The fraction of sp³-hybridized carbons (Fsp3) is 0.667. The first-order valence-corrected chi connectivity index (χ1v) is 4.42. The average Bonchev–Trinajstić information content (AvgIpc) is 2.25. The molecule has 0 saturated heterocycles. The smallest absolute Gasteiger partial charge is 0.340 e.